The summed E-state index contributed by atoms with van der Waals surface area (Å²) in [6.45, 7) is 1.88. The van der Waals surface area contributed by atoms with Crippen molar-refractivity contribution < 1.29 is 14.3 Å². The monoisotopic (exact) mass is 366 g/mol. The number of thiazole rings is 1. The number of para-hydroxylation sites is 1. The average molecular weight is 366 g/mol. The fourth-order valence-corrected chi connectivity index (χ4v) is 3.34. The smallest absolute Gasteiger partial charge is 0.264 e. The van der Waals surface area contributed by atoms with Gasteiger partial charge in [-0.05, 0) is 24.6 Å². The number of nitrogens with zero attached hydrogens (tertiary/aromatic N) is 1. The summed E-state index contributed by atoms with van der Waals surface area (Å²) in [5, 5.41) is 3.25. The van der Waals surface area contributed by atoms with Crippen LogP contribution < -0.4 is 10.1 Å². The Labute approximate surface area is 155 Å². The summed E-state index contributed by atoms with van der Waals surface area (Å²) in [5.74, 6) is 0.0686. The van der Waals surface area contributed by atoms with Crippen LogP contribution in [0.1, 0.15) is 26.4 Å². The van der Waals surface area contributed by atoms with E-state index in [0.29, 0.717) is 22.7 Å². The van der Waals surface area contributed by atoms with Crippen molar-refractivity contribution in [1.82, 2.24) is 4.98 Å². The number of ether oxygens (including phenoxy) is 1. The highest BCUT2D eigenvalue weighted by Crippen LogP contribution is 2.22. The molecule has 6 heteroatoms. The Hall–Kier alpha value is -2.99. The summed E-state index contributed by atoms with van der Waals surface area (Å²) in [5.41, 5.74) is 2.84. The second-order valence-electron chi connectivity index (χ2n) is 5.79. The lowest BCUT2D eigenvalue weighted by molar-refractivity contribution is -0.118. The van der Waals surface area contributed by atoms with E-state index in [1.807, 2.05) is 6.07 Å². The number of carbonyl (C=O) groups excluding carboxylic acids is 2. The van der Waals surface area contributed by atoms with Gasteiger partial charge in [0, 0.05) is 17.5 Å². The van der Waals surface area contributed by atoms with E-state index >= 15 is 0 Å². The maximum absolute atomic E-state index is 12.0. The molecule has 2 aromatic carbocycles. The molecule has 1 aromatic heterocycles. The molecular weight excluding hydrogens is 348 g/mol. The number of amides is 1. The predicted octanol–water partition coefficient (Wildman–Crippen LogP) is 3.87. The third kappa shape index (κ3) is 4.77. The van der Waals surface area contributed by atoms with E-state index in [-0.39, 0.29) is 12.5 Å². The topological polar surface area (TPSA) is 68.3 Å². The van der Waals surface area contributed by atoms with Gasteiger partial charge in [0.25, 0.3) is 5.91 Å². The molecule has 0 aliphatic carbocycles. The molecule has 0 radical (unpaired) electrons. The van der Waals surface area contributed by atoms with Gasteiger partial charge in [-0.25, -0.2) is 4.98 Å². The Bertz CT molecular complexity index is 921. The molecular formula is C20H18N2O3S. The van der Waals surface area contributed by atoms with E-state index < -0.39 is 0 Å². The zero-order chi connectivity index (χ0) is 18.4. The molecule has 1 amide bonds. The van der Waals surface area contributed by atoms with Crippen LogP contribution in [0.15, 0.2) is 54.7 Å². The number of benzene rings is 2. The number of anilines is 1. The third-order valence-electron chi connectivity index (χ3n) is 3.67. The lowest BCUT2D eigenvalue weighted by Crippen LogP contribution is -2.20. The molecule has 0 bridgehead atoms. The number of aryl methyl sites for hydroxylation is 1. The maximum atomic E-state index is 12.0. The first-order chi connectivity index (χ1) is 12.6. The summed E-state index contributed by atoms with van der Waals surface area (Å²) in [6.07, 6.45) is 3.25. The Morgan fingerprint density at radius 2 is 2.08 bits per heavy atom. The zero-order valence-corrected chi connectivity index (χ0v) is 15.1. The first-order valence-electron chi connectivity index (χ1n) is 8.11. The molecule has 0 unspecified atom stereocenters. The molecule has 0 atom stereocenters. The van der Waals surface area contributed by atoms with Crippen LogP contribution in [0.3, 0.4) is 0 Å². The average Bonchev–Trinajstić information content (AvgIpc) is 3.07. The number of carbonyl (C=O) groups is 2. The number of aromatic nitrogens is 1. The summed E-state index contributed by atoms with van der Waals surface area (Å²) >= 11 is 1.44. The summed E-state index contributed by atoms with van der Waals surface area (Å²) < 4.78 is 5.41. The van der Waals surface area contributed by atoms with Gasteiger partial charge in [-0.3, -0.25) is 14.9 Å². The Morgan fingerprint density at radius 3 is 2.88 bits per heavy atom. The van der Waals surface area contributed by atoms with Gasteiger partial charge >= 0.3 is 0 Å². The second-order valence-corrected chi connectivity index (χ2v) is 6.91. The SMILES string of the molecule is Cc1cccc(Cc2cnc(NC(=O)COc3ccccc3C=O)s2)c1. The van der Waals surface area contributed by atoms with Crippen LogP contribution in [0.2, 0.25) is 0 Å². The van der Waals surface area contributed by atoms with Gasteiger partial charge in [0.15, 0.2) is 18.0 Å². The van der Waals surface area contributed by atoms with Gasteiger partial charge in [-0.2, -0.15) is 0 Å². The van der Waals surface area contributed by atoms with Crippen LogP contribution in [-0.4, -0.2) is 23.8 Å². The number of aldehydes is 1. The van der Waals surface area contributed by atoms with Crippen molar-refractivity contribution in [3.05, 3.63) is 76.3 Å². The van der Waals surface area contributed by atoms with E-state index in [9.17, 15) is 9.59 Å². The van der Waals surface area contributed by atoms with Crippen molar-refractivity contribution in [3.8, 4) is 5.75 Å². The molecule has 1 N–H and O–H groups in total. The summed E-state index contributed by atoms with van der Waals surface area (Å²) in [6, 6.07) is 15.1. The minimum Gasteiger partial charge on any atom is -0.483 e. The molecule has 1 heterocycles. The molecule has 0 fully saturated rings. The number of hydrogen-bond acceptors (Lipinski definition) is 5. The number of hydrogen-bond donors (Lipinski definition) is 1. The van der Waals surface area contributed by atoms with E-state index in [0.717, 1.165) is 11.3 Å². The third-order valence-corrected chi connectivity index (χ3v) is 4.58. The van der Waals surface area contributed by atoms with Crippen molar-refractivity contribution in [2.75, 3.05) is 11.9 Å². The zero-order valence-electron chi connectivity index (χ0n) is 14.3. The summed E-state index contributed by atoms with van der Waals surface area (Å²) in [7, 11) is 0. The number of rotatable bonds is 7. The van der Waals surface area contributed by atoms with Crippen LogP contribution in [0.5, 0.6) is 5.75 Å². The van der Waals surface area contributed by atoms with Crippen molar-refractivity contribution in [1.29, 1.82) is 0 Å². The molecule has 0 aliphatic heterocycles. The number of nitrogens with one attached hydrogen (secondary N) is 1. The second kappa shape index (κ2) is 8.40. The lowest BCUT2D eigenvalue weighted by Gasteiger charge is -2.07. The Morgan fingerprint density at radius 1 is 1.23 bits per heavy atom. The fraction of sp³-hybridized carbons (Fsp3) is 0.150. The standard InChI is InChI=1S/C20H18N2O3S/c1-14-5-4-6-15(9-14)10-17-11-21-20(26-17)22-19(24)13-25-18-8-3-2-7-16(18)12-23/h2-9,11-12H,10,13H2,1H3,(H,21,22,24). The Balaban J connectivity index is 1.55. The largest absolute Gasteiger partial charge is 0.483 e. The fourth-order valence-electron chi connectivity index (χ4n) is 2.48. The van der Waals surface area contributed by atoms with Crippen molar-refractivity contribution in [3.63, 3.8) is 0 Å². The normalized spacial score (nSPS) is 10.3. The summed E-state index contributed by atoms with van der Waals surface area (Å²) in [4.78, 5) is 28.3. The minimum absolute atomic E-state index is 0.183. The molecule has 5 nitrogen and oxygen atoms in total. The highest BCUT2D eigenvalue weighted by atomic mass is 32.1. The molecule has 132 valence electrons. The minimum atomic E-state index is -0.317. The highest BCUT2D eigenvalue weighted by Gasteiger charge is 2.09. The first-order valence-corrected chi connectivity index (χ1v) is 8.93. The van der Waals surface area contributed by atoms with Gasteiger partial charge in [-0.15, -0.1) is 11.3 Å². The first kappa shape index (κ1) is 17.8. The van der Waals surface area contributed by atoms with Crippen LogP contribution in [0, 0.1) is 6.92 Å². The van der Waals surface area contributed by atoms with Crippen molar-refractivity contribution >= 4 is 28.7 Å². The molecule has 0 saturated heterocycles. The molecule has 26 heavy (non-hydrogen) atoms. The van der Waals surface area contributed by atoms with Gasteiger partial charge in [-0.1, -0.05) is 42.0 Å². The van der Waals surface area contributed by atoms with E-state index in [1.165, 1.54) is 22.5 Å². The highest BCUT2D eigenvalue weighted by molar-refractivity contribution is 7.15. The van der Waals surface area contributed by atoms with Crippen LogP contribution in [0.25, 0.3) is 0 Å². The molecule has 0 saturated carbocycles. The van der Waals surface area contributed by atoms with Crippen molar-refractivity contribution in [2.45, 2.75) is 13.3 Å². The molecule has 0 aliphatic rings. The molecule has 3 rings (SSSR count). The van der Waals surface area contributed by atoms with Gasteiger partial charge in [0.05, 0.1) is 5.56 Å². The van der Waals surface area contributed by atoms with Crippen LogP contribution in [0.4, 0.5) is 5.13 Å². The van der Waals surface area contributed by atoms with E-state index in [2.05, 4.69) is 35.4 Å². The van der Waals surface area contributed by atoms with Gasteiger partial charge in [0.2, 0.25) is 0 Å². The van der Waals surface area contributed by atoms with Gasteiger partial charge in [0.1, 0.15) is 5.75 Å². The predicted molar refractivity (Wildman–Crippen MR) is 102 cm³/mol. The van der Waals surface area contributed by atoms with Crippen molar-refractivity contribution in [2.24, 2.45) is 0 Å². The van der Waals surface area contributed by atoms with E-state index in [1.54, 1.807) is 30.5 Å². The Kier molecular flexibility index (Phi) is 5.76. The van der Waals surface area contributed by atoms with Crippen LogP contribution >= 0.6 is 11.3 Å². The van der Waals surface area contributed by atoms with Gasteiger partial charge < -0.3 is 4.74 Å². The maximum Gasteiger partial charge on any atom is 0.264 e. The molecule has 0 spiro atoms. The van der Waals surface area contributed by atoms with E-state index in [4.69, 9.17) is 4.74 Å². The lowest BCUT2D eigenvalue weighted by atomic mass is 10.1. The molecule has 3 aromatic rings. The van der Waals surface area contributed by atoms with Crippen LogP contribution in [-0.2, 0) is 11.2 Å². The quantitative estimate of drug-likeness (QED) is 0.645.